The molecule has 1 aliphatic rings. The normalized spacial score (nSPS) is 15.3. The number of methoxy groups -OCH3 is 1. The van der Waals surface area contributed by atoms with Crippen LogP contribution in [0.4, 0.5) is 0 Å². The Morgan fingerprint density at radius 3 is 2.74 bits per heavy atom. The number of carbonyl (C=O) groups is 1. The highest BCUT2D eigenvalue weighted by atomic mass is 35.5. The van der Waals surface area contributed by atoms with Crippen LogP contribution in [0.15, 0.2) is 22.7 Å². The van der Waals surface area contributed by atoms with Gasteiger partial charge in [0.25, 0.3) is 0 Å². The number of likely N-dealkylation sites (N-methyl/N-ethyl adjacent to an activating group) is 1. The van der Waals surface area contributed by atoms with Gasteiger partial charge < -0.3 is 19.1 Å². The number of aromatic nitrogens is 1. The average molecular weight is 339 g/mol. The zero-order chi connectivity index (χ0) is 16.6. The Kier molecular flexibility index (Phi) is 4.14. The Hall–Kier alpha value is -2.25. The molecule has 2 aromatic rings. The number of carboxylic acids is 1. The molecule has 23 heavy (non-hydrogen) atoms. The van der Waals surface area contributed by atoms with Gasteiger partial charge in [0.1, 0.15) is 11.8 Å². The summed E-state index contributed by atoms with van der Waals surface area (Å²) < 4.78 is 16.2. The van der Waals surface area contributed by atoms with Gasteiger partial charge in [-0.3, -0.25) is 4.90 Å². The molecule has 0 aliphatic carbocycles. The second kappa shape index (κ2) is 6.10. The zero-order valence-corrected chi connectivity index (χ0v) is 13.3. The highest BCUT2D eigenvalue weighted by Gasteiger charge is 2.28. The predicted octanol–water partition coefficient (Wildman–Crippen LogP) is 2.39. The summed E-state index contributed by atoms with van der Waals surface area (Å²) in [5, 5.41) is 13.2. The van der Waals surface area contributed by atoms with Crippen LogP contribution in [0, 0.1) is 0 Å². The van der Waals surface area contributed by atoms with E-state index >= 15 is 0 Å². The van der Waals surface area contributed by atoms with Crippen molar-refractivity contribution in [1.82, 2.24) is 10.1 Å². The first-order chi connectivity index (χ1) is 11.0. The Morgan fingerprint density at radius 2 is 2.17 bits per heavy atom. The molecule has 7 nitrogen and oxygen atoms in total. The molecule has 1 aromatic heterocycles. The summed E-state index contributed by atoms with van der Waals surface area (Å²) in [4.78, 5) is 13.1. The molecule has 1 aliphatic heterocycles. The molecule has 0 saturated carbocycles. The fourth-order valence-electron chi connectivity index (χ4n) is 2.42. The van der Waals surface area contributed by atoms with Crippen LogP contribution in [-0.4, -0.2) is 54.5 Å². The van der Waals surface area contributed by atoms with E-state index in [4.69, 9.17) is 30.7 Å². The Bertz CT molecular complexity index is 739. The molecule has 2 heterocycles. The first-order valence-electron chi connectivity index (χ1n) is 6.91. The summed E-state index contributed by atoms with van der Waals surface area (Å²) in [5.74, 6) is -0.517. The maximum atomic E-state index is 11.0. The van der Waals surface area contributed by atoms with E-state index in [-0.39, 0.29) is 11.9 Å². The van der Waals surface area contributed by atoms with Crippen LogP contribution in [-0.2, 0) is 0 Å². The lowest BCUT2D eigenvalue weighted by atomic mass is 10.1. The van der Waals surface area contributed by atoms with E-state index in [0.717, 1.165) is 13.1 Å². The lowest BCUT2D eigenvalue weighted by Crippen LogP contribution is -2.51. The molecule has 0 amide bonds. The number of aromatic carboxylic acids is 1. The van der Waals surface area contributed by atoms with Crippen molar-refractivity contribution in [3.8, 4) is 22.8 Å². The van der Waals surface area contributed by atoms with E-state index in [9.17, 15) is 4.79 Å². The van der Waals surface area contributed by atoms with Crippen molar-refractivity contribution in [3.63, 3.8) is 0 Å². The van der Waals surface area contributed by atoms with Crippen LogP contribution < -0.4 is 9.47 Å². The average Bonchev–Trinajstić information content (AvgIpc) is 2.96. The molecule has 0 atom stereocenters. The van der Waals surface area contributed by atoms with Crippen LogP contribution in [0.25, 0.3) is 11.3 Å². The minimum Gasteiger partial charge on any atom is -0.493 e. The van der Waals surface area contributed by atoms with E-state index in [1.54, 1.807) is 12.1 Å². The van der Waals surface area contributed by atoms with Crippen LogP contribution in [0.3, 0.4) is 0 Å². The summed E-state index contributed by atoms with van der Waals surface area (Å²) in [5.41, 5.74) is 0.853. The fourth-order valence-corrected chi connectivity index (χ4v) is 2.63. The molecule has 0 bridgehead atoms. The van der Waals surface area contributed by atoms with Gasteiger partial charge in [-0.15, -0.1) is 0 Å². The first kappa shape index (κ1) is 15.6. The number of benzene rings is 1. The summed E-state index contributed by atoms with van der Waals surface area (Å²) in [6, 6.07) is 4.61. The standard InChI is InChI=1S/C15H15ClN2O5/c1-18-6-9(7-18)22-14-10(3-8(16)4-12(14)21-2)11-5-13(15(19)20)23-17-11/h3-5,9H,6-7H2,1-2H3,(H,19,20). The van der Waals surface area contributed by atoms with Gasteiger partial charge >= 0.3 is 5.97 Å². The molecule has 1 N–H and O–H groups in total. The molecule has 0 unspecified atom stereocenters. The number of hydrogen-bond donors (Lipinski definition) is 1. The minimum atomic E-state index is -1.19. The van der Waals surface area contributed by atoms with Crippen LogP contribution in [0.2, 0.25) is 5.02 Å². The van der Waals surface area contributed by atoms with Crippen LogP contribution in [0.1, 0.15) is 10.6 Å². The van der Waals surface area contributed by atoms with Gasteiger partial charge in [-0.25, -0.2) is 4.79 Å². The SMILES string of the molecule is COc1cc(Cl)cc(-c2cc(C(=O)O)on2)c1OC1CN(C)C1. The quantitative estimate of drug-likeness (QED) is 0.895. The second-order valence-corrected chi connectivity index (χ2v) is 5.76. The molecule has 1 fully saturated rings. The number of rotatable bonds is 5. The maximum Gasteiger partial charge on any atom is 0.374 e. The third kappa shape index (κ3) is 3.11. The van der Waals surface area contributed by atoms with Gasteiger partial charge in [0.15, 0.2) is 11.5 Å². The lowest BCUT2D eigenvalue weighted by molar-refractivity contribution is 0.0374. The smallest absolute Gasteiger partial charge is 0.374 e. The van der Waals surface area contributed by atoms with Crippen molar-refractivity contribution in [2.24, 2.45) is 0 Å². The Balaban J connectivity index is 2.02. The van der Waals surface area contributed by atoms with E-state index in [0.29, 0.717) is 27.8 Å². The van der Waals surface area contributed by atoms with Crippen molar-refractivity contribution >= 4 is 17.6 Å². The van der Waals surface area contributed by atoms with E-state index < -0.39 is 5.97 Å². The monoisotopic (exact) mass is 338 g/mol. The molecule has 122 valence electrons. The zero-order valence-electron chi connectivity index (χ0n) is 12.6. The predicted molar refractivity (Wildman–Crippen MR) is 82.4 cm³/mol. The van der Waals surface area contributed by atoms with Gasteiger partial charge in [0.05, 0.1) is 12.7 Å². The molecule has 8 heteroatoms. The number of ether oxygens (including phenoxy) is 2. The summed E-state index contributed by atoms with van der Waals surface area (Å²) in [7, 11) is 3.51. The Labute approximate surface area is 137 Å². The first-order valence-corrected chi connectivity index (χ1v) is 7.29. The second-order valence-electron chi connectivity index (χ2n) is 5.33. The van der Waals surface area contributed by atoms with Crippen molar-refractivity contribution < 1.29 is 23.9 Å². The van der Waals surface area contributed by atoms with Gasteiger partial charge in [0.2, 0.25) is 5.76 Å². The highest BCUT2D eigenvalue weighted by molar-refractivity contribution is 6.31. The summed E-state index contributed by atoms with van der Waals surface area (Å²) in [6.45, 7) is 1.59. The molecule has 1 aromatic carbocycles. The van der Waals surface area contributed by atoms with Gasteiger partial charge in [-0.1, -0.05) is 16.8 Å². The Morgan fingerprint density at radius 1 is 1.43 bits per heavy atom. The summed E-state index contributed by atoms with van der Waals surface area (Å²) >= 11 is 6.11. The van der Waals surface area contributed by atoms with E-state index in [1.807, 2.05) is 7.05 Å². The van der Waals surface area contributed by atoms with Gasteiger partial charge in [-0.2, -0.15) is 0 Å². The number of halogens is 1. The molecule has 0 radical (unpaired) electrons. The fraction of sp³-hybridized carbons (Fsp3) is 0.333. The molecule has 3 rings (SSSR count). The number of hydrogen-bond acceptors (Lipinski definition) is 6. The van der Waals surface area contributed by atoms with Crippen molar-refractivity contribution in [2.75, 3.05) is 27.2 Å². The van der Waals surface area contributed by atoms with Crippen molar-refractivity contribution in [3.05, 3.63) is 29.0 Å². The van der Waals surface area contributed by atoms with Gasteiger partial charge in [-0.05, 0) is 13.1 Å². The molecular formula is C15H15ClN2O5. The van der Waals surface area contributed by atoms with Crippen LogP contribution >= 0.6 is 11.6 Å². The highest BCUT2D eigenvalue weighted by Crippen LogP contribution is 2.41. The summed E-state index contributed by atoms with van der Waals surface area (Å²) in [6.07, 6.45) is 0.0275. The van der Waals surface area contributed by atoms with Crippen molar-refractivity contribution in [2.45, 2.75) is 6.10 Å². The molecule has 0 spiro atoms. The molecule has 1 saturated heterocycles. The third-order valence-corrected chi connectivity index (χ3v) is 3.77. The number of nitrogens with zero attached hydrogens (tertiary/aromatic N) is 2. The third-order valence-electron chi connectivity index (χ3n) is 3.55. The topological polar surface area (TPSA) is 85.0 Å². The lowest BCUT2D eigenvalue weighted by Gasteiger charge is -2.36. The largest absolute Gasteiger partial charge is 0.493 e. The van der Waals surface area contributed by atoms with Crippen molar-refractivity contribution in [1.29, 1.82) is 0 Å². The number of likely N-dealkylation sites (tertiary alicyclic amines) is 1. The maximum absolute atomic E-state index is 11.0. The van der Waals surface area contributed by atoms with Gasteiger partial charge in [0, 0.05) is 30.2 Å². The van der Waals surface area contributed by atoms with Crippen LogP contribution in [0.5, 0.6) is 11.5 Å². The number of carboxylic acid groups (broad SMARTS) is 1. The minimum absolute atomic E-state index is 0.0275. The van der Waals surface area contributed by atoms with E-state index in [2.05, 4.69) is 10.1 Å². The van der Waals surface area contributed by atoms with E-state index in [1.165, 1.54) is 13.2 Å². The molecular weight excluding hydrogens is 324 g/mol.